The molecule has 0 unspecified atom stereocenters. The van der Waals surface area contributed by atoms with Crippen LogP contribution in [0.1, 0.15) is 5.56 Å². The molecule has 0 radical (unpaired) electrons. The van der Waals surface area contributed by atoms with E-state index in [1.165, 1.54) is 0 Å². The highest BCUT2D eigenvalue weighted by Crippen LogP contribution is 2.27. The van der Waals surface area contributed by atoms with Gasteiger partial charge in [-0.25, -0.2) is 4.79 Å². The van der Waals surface area contributed by atoms with Gasteiger partial charge in [0.05, 0.1) is 0 Å². The largest absolute Gasteiger partial charge is 0.478 e. The molecule has 2 nitrogen and oxygen atoms in total. The third-order valence-corrected chi connectivity index (χ3v) is 2.84. The molecule has 0 saturated heterocycles. The molecule has 18 heavy (non-hydrogen) atoms. The van der Waals surface area contributed by atoms with Crippen molar-refractivity contribution in [1.82, 2.24) is 0 Å². The zero-order valence-corrected chi connectivity index (χ0v) is 10.3. The Morgan fingerprint density at radius 2 is 1.72 bits per heavy atom. The first-order chi connectivity index (χ1) is 8.66. The average molecular weight is 259 g/mol. The number of carbonyl (C=O) groups is 1. The molecule has 0 amide bonds. The van der Waals surface area contributed by atoms with Crippen molar-refractivity contribution in [2.45, 2.75) is 0 Å². The van der Waals surface area contributed by atoms with Crippen LogP contribution < -0.4 is 0 Å². The summed E-state index contributed by atoms with van der Waals surface area (Å²) in [5.41, 5.74) is 2.81. The average Bonchev–Trinajstić information content (AvgIpc) is 2.38. The lowest BCUT2D eigenvalue weighted by molar-refractivity contribution is -0.131. The predicted octanol–water partition coefficient (Wildman–Crippen LogP) is 4.10. The van der Waals surface area contributed by atoms with E-state index in [0.29, 0.717) is 5.02 Å². The van der Waals surface area contributed by atoms with Crippen LogP contribution in [0.2, 0.25) is 5.02 Å². The van der Waals surface area contributed by atoms with E-state index >= 15 is 0 Å². The van der Waals surface area contributed by atoms with Crippen LogP contribution in [0.4, 0.5) is 0 Å². The van der Waals surface area contributed by atoms with Gasteiger partial charge in [-0.1, -0.05) is 54.1 Å². The van der Waals surface area contributed by atoms with Gasteiger partial charge in [0.25, 0.3) is 0 Å². The Morgan fingerprint density at radius 1 is 1.06 bits per heavy atom. The molecule has 0 heterocycles. The molecule has 3 heteroatoms. The van der Waals surface area contributed by atoms with Crippen LogP contribution in [0.25, 0.3) is 17.2 Å². The van der Waals surface area contributed by atoms with Crippen molar-refractivity contribution in [3.8, 4) is 11.1 Å². The van der Waals surface area contributed by atoms with Crippen LogP contribution in [-0.4, -0.2) is 11.1 Å². The Hall–Kier alpha value is -2.06. The second-order valence-corrected chi connectivity index (χ2v) is 4.18. The number of hydrogen-bond acceptors (Lipinski definition) is 1. The lowest BCUT2D eigenvalue weighted by Crippen LogP contribution is -1.85. The minimum Gasteiger partial charge on any atom is -0.478 e. The zero-order chi connectivity index (χ0) is 13.0. The van der Waals surface area contributed by atoms with E-state index in [4.69, 9.17) is 16.7 Å². The van der Waals surface area contributed by atoms with Crippen LogP contribution in [-0.2, 0) is 4.79 Å². The molecule has 2 rings (SSSR count). The van der Waals surface area contributed by atoms with Crippen LogP contribution in [0, 0.1) is 0 Å². The van der Waals surface area contributed by atoms with E-state index in [-0.39, 0.29) is 0 Å². The van der Waals surface area contributed by atoms with E-state index in [2.05, 4.69) is 0 Å². The summed E-state index contributed by atoms with van der Waals surface area (Å²) in [6, 6.07) is 15.2. The summed E-state index contributed by atoms with van der Waals surface area (Å²) in [6.07, 6.45) is 2.67. The summed E-state index contributed by atoms with van der Waals surface area (Å²) >= 11 is 6.11. The van der Waals surface area contributed by atoms with E-state index in [1.807, 2.05) is 48.5 Å². The van der Waals surface area contributed by atoms with Gasteiger partial charge < -0.3 is 5.11 Å². The SMILES string of the molecule is O=C(O)C=Cc1ccc(-c2ccccc2Cl)cc1. The molecule has 0 fully saturated rings. The highest BCUT2D eigenvalue weighted by atomic mass is 35.5. The molecule has 0 aliphatic heterocycles. The minimum absolute atomic E-state index is 0.700. The summed E-state index contributed by atoms with van der Waals surface area (Å²) in [4.78, 5) is 10.4. The monoisotopic (exact) mass is 258 g/mol. The van der Waals surface area contributed by atoms with Gasteiger partial charge in [0.2, 0.25) is 0 Å². The Balaban J connectivity index is 2.28. The van der Waals surface area contributed by atoms with Crippen molar-refractivity contribution < 1.29 is 9.90 Å². The fourth-order valence-electron chi connectivity index (χ4n) is 1.64. The number of carboxylic acids is 1. The Kier molecular flexibility index (Phi) is 3.80. The first kappa shape index (κ1) is 12.4. The van der Waals surface area contributed by atoms with Gasteiger partial charge in [0, 0.05) is 16.7 Å². The molecule has 0 spiro atoms. The Bertz CT molecular complexity index is 586. The third-order valence-electron chi connectivity index (χ3n) is 2.51. The highest BCUT2D eigenvalue weighted by molar-refractivity contribution is 6.33. The van der Waals surface area contributed by atoms with Gasteiger partial charge >= 0.3 is 5.97 Å². The summed E-state index contributed by atoms with van der Waals surface area (Å²) < 4.78 is 0. The second-order valence-electron chi connectivity index (χ2n) is 3.77. The number of rotatable bonds is 3. The number of hydrogen-bond donors (Lipinski definition) is 1. The lowest BCUT2D eigenvalue weighted by atomic mass is 10.0. The molecule has 90 valence electrons. The van der Waals surface area contributed by atoms with Gasteiger partial charge in [-0.2, -0.15) is 0 Å². The fourth-order valence-corrected chi connectivity index (χ4v) is 1.88. The molecular formula is C15H11ClO2. The predicted molar refractivity (Wildman–Crippen MR) is 73.6 cm³/mol. The topological polar surface area (TPSA) is 37.3 Å². The van der Waals surface area contributed by atoms with E-state index in [9.17, 15) is 4.79 Å². The first-order valence-electron chi connectivity index (χ1n) is 5.43. The quantitative estimate of drug-likeness (QED) is 0.842. The van der Waals surface area contributed by atoms with Crippen LogP contribution in [0.5, 0.6) is 0 Å². The van der Waals surface area contributed by atoms with Crippen molar-refractivity contribution in [1.29, 1.82) is 0 Å². The van der Waals surface area contributed by atoms with Crippen LogP contribution in [0.3, 0.4) is 0 Å². The van der Waals surface area contributed by atoms with E-state index < -0.39 is 5.97 Å². The highest BCUT2D eigenvalue weighted by Gasteiger charge is 2.01. The number of aliphatic carboxylic acids is 1. The standard InChI is InChI=1S/C15H11ClO2/c16-14-4-2-1-3-13(14)12-8-5-11(6-9-12)7-10-15(17)18/h1-10H,(H,17,18). The molecule has 0 aliphatic carbocycles. The third kappa shape index (κ3) is 2.99. The Morgan fingerprint density at radius 3 is 2.33 bits per heavy atom. The summed E-state index contributed by atoms with van der Waals surface area (Å²) in [5.74, 6) is -0.954. The molecule has 0 saturated carbocycles. The van der Waals surface area contributed by atoms with Gasteiger partial charge in [0.15, 0.2) is 0 Å². The summed E-state index contributed by atoms with van der Waals surface area (Å²) in [7, 11) is 0. The molecule has 0 atom stereocenters. The van der Waals surface area contributed by atoms with E-state index in [1.54, 1.807) is 6.08 Å². The zero-order valence-electron chi connectivity index (χ0n) is 9.51. The van der Waals surface area contributed by atoms with Crippen LogP contribution in [0.15, 0.2) is 54.6 Å². The maximum absolute atomic E-state index is 10.4. The van der Waals surface area contributed by atoms with Crippen molar-refractivity contribution in [3.63, 3.8) is 0 Å². The van der Waals surface area contributed by atoms with E-state index in [0.717, 1.165) is 22.8 Å². The summed E-state index contributed by atoms with van der Waals surface area (Å²) in [5, 5.41) is 9.24. The van der Waals surface area contributed by atoms with Crippen molar-refractivity contribution in [3.05, 3.63) is 65.2 Å². The second kappa shape index (κ2) is 5.52. The summed E-state index contributed by atoms with van der Waals surface area (Å²) in [6.45, 7) is 0. The normalized spacial score (nSPS) is 10.7. The maximum Gasteiger partial charge on any atom is 0.328 e. The number of benzene rings is 2. The van der Waals surface area contributed by atoms with Crippen molar-refractivity contribution >= 4 is 23.6 Å². The first-order valence-corrected chi connectivity index (χ1v) is 5.80. The van der Waals surface area contributed by atoms with Crippen molar-refractivity contribution in [2.75, 3.05) is 0 Å². The van der Waals surface area contributed by atoms with Gasteiger partial charge in [-0.15, -0.1) is 0 Å². The Labute approximate surface area is 110 Å². The molecule has 0 aromatic heterocycles. The molecule has 0 aliphatic rings. The molecule has 0 bridgehead atoms. The number of halogens is 1. The van der Waals surface area contributed by atoms with Gasteiger partial charge in [-0.05, 0) is 23.3 Å². The van der Waals surface area contributed by atoms with Crippen LogP contribution >= 0.6 is 11.6 Å². The number of carboxylic acid groups (broad SMARTS) is 1. The molecule has 2 aromatic rings. The molecule has 2 aromatic carbocycles. The lowest BCUT2D eigenvalue weighted by Gasteiger charge is -2.04. The maximum atomic E-state index is 10.4. The fraction of sp³-hybridized carbons (Fsp3) is 0. The van der Waals surface area contributed by atoms with Gasteiger partial charge in [0.1, 0.15) is 0 Å². The minimum atomic E-state index is -0.954. The molecule has 1 N–H and O–H groups in total. The smallest absolute Gasteiger partial charge is 0.328 e. The van der Waals surface area contributed by atoms with Crippen molar-refractivity contribution in [2.24, 2.45) is 0 Å². The van der Waals surface area contributed by atoms with Gasteiger partial charge in [-0.3, -0.25) is 0 Å². The molecular weight excluding hydrogens is 248 g/mol.